The molecule has 16 heavy (non-hydrogen) atoms. The maximum absolute atomic E-state index is 3.98. The molecule has 0 aliphatic carbocycles. The van der Waals surface area contributed by atoms with Crippen LogP contribution >= 0.6 is 0 Å². The van der Waals surface area contributed by atoms with Crippen LogP contribution in [0.25, 0.3) is 0 Å². The molecule has 1 aromatic heterocycles. The van der Waals surface area contributed by atoms with Crippen molar-refractivity contribution in [1.82, 2.24) is 4.98 Å². The molecule has 0 aliphatic heterocycles. The quantitative estimate of drug-likeness (QED) is 0.465. The first-order valence-electron chi connectivity index (χ1n) is 4.53. The van der Waals surface area contributed by atoms with E-state index in [0.717, 1.165) is 11.3 Å². The Bertz CT molecular complexity index is 313. The summed E-state index contributed by atoms with van der Waals surface area (Å²) in [5.41, 5.74) is 2.14. The van der Waals surface area contributed by atoms with Crippen LogP contribution in [0.5, 0.6) is 0 Å². The Labute approximate surface area is 120 Å². The van der Waals surface area contributed by atoms with Gasteiger partial charge in [-0.05, 0) is 19.1 Å². The van der Waals surface area contributed by atoms with Gasteiger partial charge >= 0.3 is 23.1 Å². The van der Waals surface area contributed by atoms with Gasteiger partial charge in [-0.2, -0.15) is 24.6 Å². The molecule has 0 N–H and O–H groups in total. The minimum atomic E-state index is 0. The Morgan fingerprint density at radius 2 is 1.50 bits per heavy atom. The van der Waals surface area contributed by atoms with Crippen LogP contribution in [0.15, 0.2) is 54.7 Å². The van der Waals surface area contributed by atoms with Gasteiger partial charge in [-0.15, -0.1) is 12.1 Å². The van der Waals surface area contributed by atoms with Gasteiger partial charge in [0.25, 0.3) is 0 Å². The Hall–Kier alpha value is -0.704. The standard InChI is InChI=1S/C7H7.C6H7N.ClH.Mg/c1-7-5-3-2-4-6-7;1-6-4-2-3-5-7-6;;/h2-6H,1H2;2-5H,1H3;1H;/q-1;;;+2/p-1. The molecule has 0 amide bonds. The van der Waals surface area contributed by atoms with Crippen LogP contribution in [-0.4, -0.2) is 28.0 Å². The van der Waals surface area contributed by atoms with E-state index in [1.165, 1.54) is 0 Å². The number of benzene rings is 1. The molecule has 0 fully saturated rings. The molecule has 0 unspecified atom stereocenters. The molecule has 1 nitrogen and oxygen atoms in total. The van der Waals surface area contributed by atoms with Gasteiger partial charge in [0.2, 0.25) is 0 Å². The summed E-state index contributed by atoms with van der Waals surface area (Å²) < 4.78 is 0. The van der Waals surface area contributed by atoms with Crippen LogP contribution in [0.2, 0.25) is 0 Å². The SMILES string of the molecule is Cc1ccccn1.[CH2-]c1ccccc1.[Cl-].[Mg+2]. The van der Waals surface area contributed by atoms with Crippen molar-refractivity contribution in [3.63, 3.8) is 0 Å². The third kappa shape index (κ3) is 8.59. The van der Waals surface area contributed by atoms with Crippen molar-refractivity contribution in [3.05, 3.63) is 72.9 Å². The predicted octanol–water partition coefficient (Wildman–Crippen LogP) is -0.118. The largest absolute Gasteiger partial charge is 2.00 e. The summed E-state index contributed by atoms with van der Waals surface area (Å²) in [6, 6.07) is 15.7. The van der Waals surface area contributed by atoms with E-state index in [4.69, 9.17) is 0 Å². The minimum Gasteiger partial charge on any atom is -1.00 e. The van der Waals surface area contributed by atoms with Crippen molar-refractivity contribution in [2.45, 2.75) is 6.92 Å². The van der Waals surface area contributed by atoms with Crippen LogP contribution in [-0.2, 0) is 0 Å². The van der Waals surface area contributed by atoms with Gasteiger partial charge in [0, 0.05) is 11.9 Å². The van der Waals surface area contributed by atoms with Gasteiger partial charge in [-0.3, -0.25) is 4.98 Å². The summed E-state index contributed by atoms with van der Waals surface area (Å²) in [4.78, 5) is 3.98. The second-order valence-corrected chi connectivity index (χ2v) is 2.96. The number of pyridine rings is 1. The zero-order chi connectivity index (χ0) is 10.2. The fourth-order valence-corrected chi connectivity index (χ4v) is 0.926. The second-order valence-electron chi connectivity index (χ2n) is 2.96. The number of hydrogen-bond acceptors (Lipinski definition) is 1. The van der Waals surface area contributed by atoms with Gasteiger partial charge in [0.1, 0.15) is 0 Å². The Morgan fingerprint density at radius 1 is 0.938 bits per heavy atom. The molecular formula is C13H14ClMgN. The average molecular weight is 244 g/mol. The molecule has 0 aliphatic rings. The number of hydrogen-bond donors (Lipinski definition) is 0. The molecule has 80 valence electrons. The molecule has 3 heteroatoms. The fourth-order valence-electron chi connectivity index (χ4n) is 0.926. The molecule has 1 heterocycles. The van der Waals surface area contributed by atoms with E-state index >= 15 is 0 Å². The molecule has 1 aromatic carbocycles. The Kier molecular flexibility index (Phi) is 11.9. The van der Waals surface area contributed by atoms with Crippen molar-refractivity contribution in [1.29, 1.82) is 0 Å². The van der Waals surface area contributed by atoms with Gasteiger partial charge in [-0.25, -0.2) is 0 Å². The number of aryl methyl sites for hydroxylation is 1. The van der Waals surface area contributed by atoms with Gasteiger partial charge in [0.15, 0.2) is 0 Å². The van der Waals surface area contributed by atoms with Crippen molar-refractivity contribution >= 4 is 23.1 Å². The van der Waals surface area contributed by atoms with Gasteiger partial charge in [0.05, 0.1) is 0 Å². The first kappa shape index (κ1) is 17.7. The van der Waals surface area contributed by atoms with Crippen molar-refractivity contribution in [3.8, 4) is 0 Å². The molecule has 2 rings (SSSR count). The number of aromatic nitrogens is 1. The van der Waals surface area contributed by atoms with E-state index in [9.17, 15) is 0 Å². The third-order valence-corrected chi connectivity index (χ3v) is 1.66. The van der Waals surface area contributed by atoms with Gasteiger partial charge in [-0.1, -0.05) is 12.1 Å². The summed E-state index contributed by atoms with van der Waals surface area (Å²) >= 11 is 0. The van der Waals surface area contributed by atoms with Crippen LogP contribution in [0.1, 0.15) is 11.3 Å². The number of halogens is 1. The zero-order valence-electron chi connectivity index (χ0n) is 9.44. The molecule has 0 atom stereocenters. The van der Waals surface area contributed by atoms with E-state index in [2.05, 4.69) is 11.9 Å². The molecule has 0 saturated carbocycles. The predicted molar refractivity (Wildman–Crippen MR) is 65.6 cm³/mol. The van der Waals surface area contributed by atoms with Crippen molar-refractivity contribution in [2.24, 2.45) is 0 Å². The Balaban J connectivity index is 0. The van der Waals surface area contributed by atoms with E-state index in [1.54, 1.807) is 6.20 Å². The zero-order valence-corrected chi connectivity index (χ0v) is 11.6. The molecular weight excluding hydrogens is 230 g/mol. The maximum atomic E-state index is 3.98. The third-order valence-electron chi connectivity index (χ3n) is 1.66. The first-order valence-corrected chi connectivity index (χ1v) is 4.53. The summed E-state index contributed by atoms with van der Waals surface area (Å²) in [6.07, 6.45) is 1.79. The van der Waals surface area contributed by atoms with Gasteiger partial charge < -0.3 is 12.4 Å². The van der Waals surface area contributed by atoms with Crippen LogP contribution in [0, 0.1) is 13.8 Å². The summed E-state index contributed by atoms with van der Waals surface area (Å²) in [5, 5.41) is 0. The van der Waals surface area contributed by atoms with E-state index in [-0.39, 0.29) is 35.5 Å². The normalized spacial score (nSPS) is 7.56. The second kappa shape index (κ2) is 10.8. The van der Waals surface area contributed by atoms with Crippen LogP contribution in [0.3, 0.4) is 0 Å². The summed E-state index contributed by atoms with van der Waals surface area (Å²) in [5.74, 6) is 0. The average Bonchev–Trinajstić information content (AvgIpc) is 2.21. The van der Waals surface area contributed by atoms with Crippen molar-refractivity contribution in [2.75, 3.05) is 0 Å². The minimum absolute atomic E-state index is 0. The summed E-state index contributed by atoms with van der Waals surface area (Å²) in [7, 11) is 0. The number of nitrogens with zero attached hydrogens (tertiary/aromatic N) is 1. The maximum Gasteiger partial charge on any atom is 2.00 e. The topological polar surface area (TPSA) is 12.9 Å². The smallest absolute Gasteiger partial charge is 1.00 e. The summed E-state index contributed by atoms with van der Waals surface area (Å²) in [6.45, 7) is 5.69. The molecule has 0 radical (unpaired) electrons. The fraction of sp³-hybridized carbons (Fsp3) is 0.0769. The monoisotopic (exact) mass is 243 g/mol. The number of rotatable bonds is 0. The molecule has 0 spiro atoms. The Morgan fingerprint density at radius 3 is 1.75 bits per heavy atom. The molecule has 0 bridgehead atoms. The molecule has 2 aromatic rings. The molecule has 0 saturated heterocycles. The van der Waals surface area contributed by atoms with E-state index in [1.807, 2.05) is 55.5 Å². The van der Waals surface area contributed by atoms with Crippen LogP contribution < -0.4 is 12.4 Å². The first-order chi connectivity index (χ1) is 6.79. The van der Waals surface area contributed by atoms with Crippen LogP contribution in [0.4, 0.5) is 0 Å². The van der Waals surface area contributed by atoms with E-state index < -0.39 is 0 Å². The van der Waals surface area contributed by atoms with E-state index in [0.29, 0.717) is 0 Å². The van der Waals surface area contributed by atoms with Crippen molar-refractivity contribution < 1.29 is 12.4 Å².